The first kappa shape index (κ1) is 22.1. The summed E-state index contributed by atoms with van der Waals surface area (Å²) in [6.45, 7) is 2.30. The molecule has 9 nitrogen and oxygen atoms in total. The summed E-state index contributed by atoms with van der Waals surface area (Å²) in [4.78, 5) is 28.5. The van der Waals surface area contributed by atoms with Crippen molar-refractivity contribution in [3.8, 4) is 11.5 Å². The molecule has 4 rings (SSSR count). The molecule has 3 aromatic rings. The van der Waals surface area contributed by atoms with Gasteiger partial charge in [0, 0.05) is 23.6 Å². The minimum atomic E-state index is -0.394. The number of amides is 2. The molecule has 2 aromatic carbocycles. The second kappa shape index (κ2) is 9.56. The second-order valence-electron chi connectivity index (χ2n) is 7.65. The van der Waals surface area contributed by atoms with Crippen molar-refractivity contribution in [3.63, 3.8) is 0 Å². The van der Waals surface area contributed by atoms with Crippen molar-refractivity contribution in [1.82, 2.24) is 9.99 Å². The number of aromatic hydroxyl groups is 1. The van der Waals surface area contributed by atoms with E-state index in [-0.39, 0.29) is 29.9 Å². The monoisotopic (exact) mass is 448 g/mol. The highest BCUT2D eigenvalue weighted by molar-refractivity contribution is 6.06. The molecular formula is C24H24N4O5. The molecule has 0 saturated carbocycles. The molecule has 0 saturated heterocycles. The number of anilines is 1. The van der Waals surface area contributed by atoms with E-state index in [2.05, 4.69) is 15.4 Å². The fourth-order valence-corrected chi connectivity index (χ4v) is 3.67. The van der Waals surface area contributed by atoms with Gasteiger partial charge in [0.2, 0.25) is 11.7 Å². The number of oxazole rings is 1. The SMILES string of the molecule is CCC1CC(=O)N(Cc2ccc(NC(=O)c3cnco3)cc2)N=C1c1ccc(OC)c(O)c1. The van der Waals surface area contributed by atoms with Crippen LogP contribution in [0.4, 0.5) is 5.69 Å². The number of phenolic OH excluding ortho intramolecular Hbond substituents is 1. The molecule has 2 amide bonds. The van der Waals surface area contributed by atoms with E-state index in [9.17, 15) is 14.7 Å². The molecule has 170 valence electrons. The number of aromatic nitrogens is 1. The van der Waals surface area contributed by atoms with Crippen LogP contribution in [0.3, 0.4) is 0 Å². The topological polar surface area (TPSA) is 117 Å². The van der Waals surface area contributed by atoms with Crippen LogP contribution in [0.15, 0.2) is 64.6 Å². The number of phenols is 1. The zero-order valence-electron chi connectivity index (χ0n) is 18.3. The Morgan fingerprint density at radius 1 is 1.27 bits per heavy atom. The van der Waals surface area contributed by atoms with Gasteiger partial charge in [0.1, 0.15) is 0 Å². The minimum absolute atomic E-state index is 0.0268. The Labute approximate surface area is 190 Å². The highest BCUT2D eigenvalue weighted by atomic mass is 16.5. The van der Waals surface area contributed by atoms with Crippen molar-refractivity contribution in [2.24, 2.45) is 11.0 Å². The first-order chi connectivity index (χ1) is 16.0. The highest BCUT2D eigenvalue weighted by Crippen LogP contribution is 2.31. The zero-order valence-corrected chi connectivity index (χ0v) is 18.3. The van der Waals surface area contributed by atoms with Crippen molar-refractivity contribution in [2.45, 2.75) is 26.3 Å². The normalized spacial score (nSPS) is 15.8. The number of nitrogens with zero attached hydrogens (tertiary/aromatic N) is 3. The Balaban J connectivity index is 1.51. The average Bonchev–Trinajstić information content (AvgIpc) is 3.36. The van der Waals surface area contributed by atoms with E-state index in [0.717, 1.165) is 23.3 Å². The average molecular weight is 448 g/mol. The molecular weight excluding hydrogens is 424 g/mol. The highest BCUT2D eigenvalue weighted by Gasteiger charge is 2.29. The molecule has 1 aromatic heterocycles. The van der Waals surface area contributed by atoms with Gasteiger partial charge in [0.15, 0.2) is 17.9 Å². The number of ether oxygens (including phenoxy) is 1. The van der Waals surface area contributed by atoms with Crippen molar-refractivity contribution in [1.29, 1.82) is 0 Å². The van der Waals surface area contributed by atoms with E-state index >= 15 is 0 Å². The van der Waals surface area contributed by atoms with Gasteiger partial charge in [0.25, 0.3) is 5.91 Å². The summed E-state index contributed by atoms with van der Waals surface area (Å²) in [5.74, 6) is 0.0378. The summed E-state index contributed by atoms with van der Waals surface area (Å²) in [6.07, 6.45) is 3.63. The smallest absolute Gasteiger partial charge is 0.293 e. The lowest BCUT2D eigenvalue weighted by Gasteiger charge is -2.29. The third-order valence-corrected chi connectivity index (χ3v) is 5.49. The van der Waals surface area contributed by atoms with Gasteiger partial charge in [-0.05, 0) is 42.3 Å². The quantitative estimate of drug-likeness (QED) is 0.568. The number of carbonyl (C=O) groups is 2. The Morgan fingerprint density at radius 2 is 2.06 bits per heavy atom. The number of rotatable bonds is 7. The molecule has 0 radical (unpaired) electrons. The fourth-order valence-electron chi connectivity index (χ4n) is 3.67. The maximum atomic E-state index is 12.7. The molecule has 2 N–H and O–H groups in total. The van der Waals surface area contributed by atoms with Gasteiger partial charge < -0.3 is 19.6 Å². The lowest BCUT2D eigenvalue weighted by Crippen LogP contribution is -2.36. The standard InChI is InChI=1S/C24H24N4O5/c1-3-16-11-22(30)28(27-23(16)17-6-9-20(32-2)19(29)10-17)13-15-4-7-18(8-5-15)26-24(31)21-12-25-14-33-21/h4-10,12,14,16,29H,3,11,13H2,1-2H3,(H,26,31). The fraction of sp³-hybridized carbons (Fsp3) is 0.250. The molecule has 0 aliphatic carbocycles. The van der Waals surface area contributed by atoms with Crippen LogP contribution in [0, 0.1) is 5.92 Å². The first-order valence-electron chi connectivity index (χ1n) is 10.5. The second-order valence-corrected chi connectivity index (χ2v) is 7.65. The zero-order chi connectivity index (χ0) is 23.4. The minimum Gasteiger partial charge on any atom is -0.504 e. The lowest BCUT2D eigenvalue weighted by atomic mass is 9.89. The van der Waals surface area contributed by atoms with Gasteiger partial charge in [-0.1, -0.05) is 19.1 Å². The molecule has 0 spiro atoms. The van der Waals surface area contributed by atoms with Crippen LogP contribution in [0.2, 0.25) is 0 Å². The summed E-state index contributed by atoms with van der Waals surface area (Å²) >= 11 is 0. The van der Waals surface area contributed by atoms with E-state index in [1.54, 1.807) is 24.3 Å². The van der Waals surface area contributed by atoms with Crippen LogP contribution in [-0.2, 0) is 11.3 Å². The summed E-state index contributed by atoms with van der Waals surface area (Å²) < 4.78 is 10.1. The van der Waals surface area contributed by atoms with E-state index in [1.165, 1.54) is 24.7 Å². The maximum absolute atomic E-state index is 12.7. The molecule has 1 aliphatic heterocycles. The van der Waals surface area contributed by atoms with E-state index in [1.807, 2.05) is 25.1 Å². The number of carbonyl (C=O) groups excluding carboxylic acids is 2. The Morgan fingerprint density at radius 3 is 2.70 bits per heavy atom. The number of hydrogen-bond acceptors (Lipinski definition) is 7. The Kier molecular flexibility index (Phi) is 6.39. The molecule has 0 fully saturated rings. The van der Waals surface area contributed by atoms with E-state index in [4.69, 9.17) is 9.15 Å². The van der Waals surface area contributed by atoms with Gasteiger partial charge >= 0.3 is 0 Å². The van der Waals surface area contributed by atoms with Crippen molar-refractivity contribution < 1.29 is 23.8 Å². The Hall–Kier alpha value is -4.14. The Bertz CT molecular complexity index is 1170. The van der Waals surface area contributed by atoms with Crippen LogP contribution in [0.25, 0.3) is 0 Å². The summed E-state index contributed by atoms with van der Waals surface area (Å²) in [6, 6.07) is 12.3. The van der Waals surface area contributed by atoms with Crippen molar-refractivity contribution >= 4 is 23.2 Å². The van der Waals surface area contributed by atoms with Crippen LogP contribution < -0.4 is 10.1 Å². The van der Waals surface area contributed by atoms with Gasteiger partial charge in [-0.15, -0.1) is 0 Å². The molecule has 1 atom stereocenters. The van der Waals surface area contributed by atoms with Gasteiger partial charge in [-0.25, -0.2) is 9.99 Å². The molecule has 2 heterocycles. The third-order valence-electron chi connectivity index (χ3n) is 5.49. The van der Waals surface area contributed by atoms with Crippen LogP contribution in [0.5, 0.6) is 11.5 Å². The van der Waals surface area contributed by atoms with Gasteiger partial charge in [-0.2, -0.15) is 5.10 Å². The number of hydrogen-bond donors (Lipinski definition) is 2. The summed E-state index contributed by atoms with van der Waals surface area (Å²) in [5.41, 5.74) is 2.96. The third kappa shape index (κ3) is 4.87. The van der Waals surface area contributed by atoms with E-state index < -0.39 is 5.91 Å². The maximum Gasteiger partial charge on any atom is 0.293 e. The summed E-state index contributed by atoms with van der Waals surface area (Å²) in [5, 5.41) is 19.0. The molecule has 1 unspecified atom stereocenters. The molecule has 0 bridgehead atoms. The largest absolute Gasteiger partial charge is 0.504 e. The van der Waals surface area contributed by atoms with Crippen LogP contribution in [0.1, 0.15) is 41.4 Å². The van der Waals surface area contributed by atoms with Crippen molar-refractivity contribution in [2.75, 3.05) is 12.4 Å². The molecule has 9 heteroatoms. The number of methoxy groups -OCH3 is 1. The first-order valence-corrected chi connectivity index (χ1v) is 10.5. The number of nitrogens with one attached hydrogen (secondary N) is 1. The molecule has 1 aliphatic rings. The summed E-state index contributed by atoms with van der Waals surface area (Å²) in [7, 11) is 1.49. The predicted molar refractivity (Wildman–Crippen MR) is 121 cm³/mol. The van der Waals surface area contributed by atoms with Crippen LogP contribution in [-0.4, -0.2) is 39.7 Å². The van der Waals surface area contributed by atoms with Crippen molar-refractivity contribution in [3.05, 3.63) is 71.9 Å². The molecule has 33 heavy (non-hydrogen) atoms. The lowest BCUT2D eigenvalue weighted by molar-refractivity contribution is -0.133. The van der Waals surface area contributed by atoms with Crippen LogP contribution >= 0.6 is 0 Å². The van der Waals surface area contributed by atoms with Gasteiger partial charge in [-0.3, -0.25) is 9.59 Å². The van der Waals surface area contributed by atoms with Gasteiger partial charge in [0.05, 0.1) is 25.6 Å². The number of benzene rings is 2. The number of hydrazone groups is 1. The predicted octanol–water partition coefficient (Wildman–Crippen LogP) is 3.80. The van der Waals surface area contributed by atoms with E-state index in [0.29, 0.717) is 17.9 Å².